The van der Waals surface area contributed by atoms with Crippen molar-refractivity contribution in [2.24, 2.45) is 23.2 Å². The topological polar surface area (TPSA) is 20.2 Å². The molecule has 1 N–H and O–H groups in total. The van der Waals surface area contributed by atoms with Crippen molar-refractivity contribution in [2.45, 2.75) is 44.9 Å². The van der Waals surface area contributed by atoms with E-state index >= 15 is 0 Å². The lowest BCUT2D eigenvalue weighted by molar-refractivity contribution is 0.162. The van der Waals surface area contributed by atoms with Gasteiger partial charge in [-0.1, -0.05) is 0 Å². The summed E-state index contributed by atoms with van der Waals surface area (Å²) >= 11 is 0. The minimum Gasteiger partial charge on any atom is -0.396 e. The van der Waals surface area contributed by atoms with Gasteiger partial charge in [-0.05, 0) is 68.1 Å². The van der Waals surface area contributed by atoms with Crippen molar-refractivity contribution in [1.82, 2.24) is 0 Å². The number of hydrogen-bond acceptors (Lipinski definition) is 1. The van der Waals surface area contributed by atoms with Crippen LogP contribution in [0, 0.1) is 23.2 Å². The first kappa shape index (κ1) is 8.28. The molecule has 0 radical (unpaired) electrons. The van der Waals surface area contributed by atoms with Crippen molar-refractivity contribution in [3.8, 4) is 0 Å². The molecule has 0 spiro atoms. The van der Waals surface area contributed by atoms with Gasteiger partial charge in [0.1, 0.15) is 0 Å². The minimum absolute atomic E-state index is 0.407. The molecular weight excluding hydrogens is 160 g/mol. The predicted molar refractivity (Wildman–Crippen MR) is 52.3 cm³/mol. The zero-order valence-corrected chi connectivity index (χ0v) is 8.34. The van der Waals surface area contributed by atoms with Crippen LogP contribution in [-0.4, -0.2) is 11.7 Å². The average molecular weight is 180 g/mol. The molecule has 0 aliphatic heterocycles. The molecule has 74 valence electrons. The van der Waals surface area contributed by atoms with E-state index in [4.69, 9.17) is 5.11 Å². The van der Waals surface area contributed by atoms with E-state index in [0.29, 0.717) is 6.61 Å². The average Bonchev–Trinajstić information content (AvgIpc) is 2.49. The number of rotatable bonds is 3. The highest BCUT2D eigenvalue weighted by molar-refractivity contribution is 5.06. The number of aliphatic hydroxyl groups is 1. The zero-order valence-electron chi connectivity index (χ0n) is 8.34. The molecule has 4 fully saturated rings. The fourth-order valence-electron chi connectivity index (χ4n) is 4.80. The third-order valence-corrected chi connectivity index (χ3v) is 4.99. The standard InChI is InChI=1S/C12H20O/c13-3-1-2-12-7-9-4-10(8-12)6-11(12)5-9/h9-11,13H,1-8H2. The molecule has 1 heteroatoms. The van der Waals surface area contributed by atoms with Gasteiger partial charge in [-0.15, -0.1) is 0 Å². The summed E-state index contributed by atoms with van der Waals surface area (Å²) < 4.78 is 0. The summed E-state index contributed by atoms with van der Waals surface area (Å²) in [5, 5.41) is 8.92. The molecule has 0 amide bonds. The summed E-state index contributed by atoms with van der Waals surface area (Å²) in [6.45, 7) is 0.407. The van der Waals surface area contributed by atoms with Gasteiger partial charge in [0.05, 0.1) is 0 Å². The Morgan fingerprint density at radius 3 is 2.38 bits per heavy atom. The van der Waals surface area contributed by atoms with Crippen molar-refractivity contribution in [2.75, 3.05) is 6.61 Å². The molecule has 4 aliphatic carbocycles. The molecule has 0 aromatic rings. The Labute approximate surface area is 80.5 Å². The van der Waals surface area contributed by atoms with Gasteiger partial charge < -0.3 is 5.11 Å². The summed E-state index contributed by atoms with van der Waals surface area (Å²) in [5.74, 6) is 3.22. The van der Waals surface area contributed by atoms with Crippen LogP contribution in [0.15, 0.2) is 0 Å². The van der Waals surface area contributed by atoms with Crippen LogP contribution in [0.3, 0.4) is 0 Å². The van der Waals surface area contributed by atoms with E-state index < -0.39 is 0 Å². The van der Waals surface area contributed by atoms with Crippen LogP contribution in [0.25, 0.3) is 0 Å². The third-order valence-electron chi connectivity index (χ3n) is 4.99. The number of hydrogen-bond donors (Lipinski definition) is 1. The Morgan fingerprint density at radius 1 is 1.08 bits per heavy atom. The molecule has 2 atom stereocenters. The second-order valence-corrected chi connectivity index (χ2v) is 5.73. The lowest BCUT2D eigenvalue weighted by Crippen LogP contribution is -2.22. The Balaban J connectivity index is 1.77. The van der Waals surface area contributed by atoms with Crippen LogP contribution < -0.4 is 0 Å². The quantitative estimate of drug-likeness (QED) is 0.707. The van der Waals surface area contributed by atoms with Crippen LogP contribution in [0.1, 0.15) is 44.9 Å². The van der Waals surface area contributed by atoms with Crippen molar-refractivity contribution in [3.05, 3.63) is 0 Å². The highest BCUT2D eigenvalue weighted by atomic mass is 16.2. The Morgan fingerprint density at radius 2 is 1.77 bits per heavy atom. The van der Waals surface area contributed by atoms with Crippen LogP contribution in [0.5, 0.6) is 0 Å². The normalized spacial score (nSPS) is 51.9. The first-order valence-corrected chi connectivity index (χ1v) is 5.93. The van der Waals surface area contributed by atoms with Crippen LogP contribution in [-0.2, 0) is 0 Å². The first-order chi connectivity index (χ1) is 6.32. The smallest absolute Gasteiger partial charge is 0.0431 e. The van der Waals surface area contributed by atoms with E-state index in [0.717, 1.165) is 29.6 Å². The molecule has 4 rings (SSSR count). The van der Waals surface area contributed by atoms with Crippen LogP contribution in [0.2, 0.25) is 0 Å². The Kier molecular flexibility index (Phi) is 1.74. The monoisotopic (exact) mass is 180 g/mol. The second-order valence-electron chi connectivity index (χ2n) is 5.73. The highest BCUT2D eigenvalue weighted by Gasteiger charge is 2.56. The zero-order chi connectivity index (χ0) is 8.89. The number of aliphatic hydroxyl groups excluding tert-OH is 1. The van der Waals surface area contributed by atoms with Gasteiger partial charge in [-0.2, -0.15) is 0 Å². The molecule has 0 heterocycles. The van der Waals surface area contributed by atoms with Crippen molar-refractivity contribution < 1.29 is 5.11 Å². The molecule has 0 aromatic heterocycles. The van der Waals surface area contributed by atoms with Crippen molar-refractivity contribution in [3.63, 3.8) is 0 Å². The van der Waals surface area contributed by atoms with Gasteiger partial charge in [0.2, 0.25) is 0 Å². The van der Waals surface area contributed by atoms with Gasteiger partial charge in [-0.3, -0.25) is 0 Å². The molecule has 4 aliphatic rings. The predicted octanol–water partition coefficient (Wildman–Crippen LogP) is 2.59. The van der Waals surface area contributed by atoms with Gasteiger partial charge in [0, 0.05) is 6.61 Å². The fraction of sp³-hybridized carbons (Fsp3) is 1.00. The SMILES string of the molecule is OCCCC12CC3CC(CC1C3)C2. The third kappa shape index (κ3) is 1.09. The molecular formula is C12H20O. The second kappa shape index (κ2) is 2.73. The lowest BCUT2D eigenvalue weighted by Gasteiger charge is -2.32. The maximum absolute atomic E-state index is 8.92. The van der Waals surface area contributed by atoms with Crippen LogP contribution in [0.4, 0.5) is 0 Å². The highest BCUT2D eigenvalue weighted by Crippen LogP contribution is 2.66. The Bertz CT molecular complexity index is 197. The van der Waals surface area contributed by atoms with Crippen molar-refractivity contribution >= 4 is 0 Å². The maximum atomic E-state index is 8.92. The molecule has 1 nitrogen and oxygen atoms in total. The van der Waals surface area contributed by atoms with E-state index in [1.807, 2.05) is 0 Å². The van der Waals surface area contributed by atoms with Crippen LogP contribution >= 0.6 is 0 Å². The van der Waals surface area contributed by atoms with Gasteiger partial charge in [-0.25, -0.2) is 0 Å². The molecule has 0 saturated heterocycles. The molecule has 2 unspecified atom stereocenters. The minimum atomic E-state index is 0.407. The summed E-state index contributed by atoms with van der Waals surface area (Å²) in [7, 11) is 0. The maximum Gasteiger partial charge on any atom is 0.0431 e. The van der Waals surface area contributed by atoms with E-state index in [9.17, 15) is 0 Å². The first-order valence-electron chi connectivity index (χ1n) is 5.93. The molecule has 13 heavy (non-hydrogen) atoms. The van der Waals surface area contributed by atoms with Gasteiger partial charge in [0.15, 0.2) is 0 Å². The summed E-state index contributed by atoms with van der Waals surface area (Å²) in [4.78, 5) is 0. The summed E-state index contributed by atoms with van der Waals surface area (Å²) in [6, 6.07) is 0. The molecule has 0 aromatic carbocycles. The van der Waals surface area contributed by atoms with E-state index in [2.05, 4.69) is 0 Å². The van der Waals surface area contributed by atoms with Gasteiger partial charge >= 0.3 is 0 Å². The van der Waals surface area contributed by atoms with Gasteiger partial charge in [0.25, 0.3) is 0 Å². The lowest BCUT2D eigenvalue weighted by atomic mass is 9.73. The van der Waals surface area contributed by atoms with E-state index in [1.165, 1.54) is 38.5 Å². The molecule has 4 bridgehead atoms. The summed E-state index contributed by atoms with van der Waals surface area (Å²) in [6.07, 6.45) is 9.99. The largest absolute Gasteiger partial charge is 0.396 e. The summed E-state index contributed by atoms with van der Waals surface area (Å²) in [5.41, 5.74) is 0.719. The Hall–Kier alpha value is -0.0400. The van der Waals surface area contributed by atoms with E-state index in [1.54, 1.807) is 0 Å². The van der Waals surface area contributed by atoms with E-state index in [-0.39, 0.29) is 0 Å². The van der Waals surface area contributed by atoms with Crippen molar-refractivity contribution in [1.29, 1.82) is 0 Å². The fourth-order valence-corrected chi connectivity index (χ4v) is 4.80. The molecule has 4 saturated carbocycles.